The first kappa shape index (κ1) is 25.5. The first-order valence-electron chi connectivity index (χ1n) is 11.0. The third kappa shape index (κ3) is 6.28. The van der Waals surface area contributed by atoms with E-state index in [1.807, 2.05) is 38.1 Å². The van der Waals surface area contributed by atoms with Crippen LogP contribution in [0.2, 0.25) is 0 Å². The molecule has 2 aromatic carbocycles. The van der Waals surface area contributed by atoms with Crippen LogP contribution >= 0.6 is 11.3 Å². The highest BCUT2D eigenvalue weighted by Gasteiger charge is 2.24. The summed E-state index contributed by atoms with van der Waals surface area (Å²) < 4.78 is 16.2. The highest BCUT2D eigenvalue weighted by atomic mass is 32.1. The lowest BCUT2D eigenvalue weighted by atomic mass is 10.0. The Balaban J connectivity index is 1.96. The Bertz CT molecular complexity index is 1270. The number of carbonyl (C=O) groups is 2. The van der Waals surface area contributed by atoms with Crippen LogP contribution in [0.4, 0.5) is 5.00 Å². The Morgan fingerprint density at radius 2 is 1.86 bits per heavy atom. The number of hydrogen-bond acceptors (Lipinski definition) is 7. The van der Waals surface area contributed by atoms with Gasteiger partial charge in [-0.3, -0.25) is 4.79 Å². The van der Waals surface area contributed by atoms with Crippen LogP contribution in [-0.4, -0.2) is 31.7 Å². The summed E-state index contributed by atoms with van der Waals surface area (Å²) in [6, 6.07) is 16.3. The lowest BCUT2D eigenvalue weighted by molar-refractivity contribution is -0.112. The van der Waals surface area contributed by atoms with Crippen molar-refractivity contribution in [2.45, 2.75) is 26.9 Å². The van der Waals surface area contributed by atoms with Crippen LogP contribution in [0.5, 0.6) is 11.5 Å². The Kier molecular flexibility index (Phi) is 8.65. The van der Waals surface area contributed by atoms with Crippen LogP contribution in [0.1, 0.15) is 36.7 Å². The number of amides is 1. The lowest BCUT2D eigenvalue weighted by Gasteiger charge is -2.12. The number of nitrogens with zero attached hydrogens (tertiary/aromatic N) is 1. The first-order valence-corrected chi connectivity index (χ1v) is 11.9. The molecule has 0 unspecified atom stereocenters. The minimum absolute atomic E-state index is 0.0708. The van der Waals surface area contributed by atoms with E-state index >= 15 is 0 Å². The highest BCUT2D eigenvalue weighted by Crippen LogP contribution is 2.37. The summed E-state index contributed by atoms with van der Waals surface area (Å²) in [5, 5.41) is 14.5. The largest absolute Gasteiger partial charge is 0.497 e. The number of anilines is 1. The average molecular weight is 491 g/mol. The molecule has 1 aromatic heterocycles. The Morgan fingerprint density at radius 1 is 1.14 bits per heavy atom. The van der Waals surface area contributed by atoms with Crippen LogP contribution in [0, 0.1) is 11.3 Å². The number of para-hydroxylation sites is 1. The zero-order valence-electron chi connectivity index (χ0n) is 20.0. The second-order valence-electron chi connectivity index (χ2n) is 7.63. The van der Waals surface area contributed by atoms with E-state index in [0.717, 1.165) is 5.56 Å². The van der Waals surface area contributed by atoms with Crippen molar-refractivity contribution in [3.63, 3.8) is 0 Å². The highest BCUT2D eigenvalue weighted by molar-refractivity contribution is 7.15. The quantitative estimate of drug-likeness (QED) is 0.227. The van der Waals surface area contributed by atoms with Crippen LogP contribution in [0.3, 0.4) is 0 Å². The molecule has 0 spiro atoms. The smallest absolute Gasteiger partial charge is 0.341 e. The molecule has 1 N–H and O–H groups in total. The molecular weight excluding hydrogens is 464 g/mol. The number of benzene rings is 2. The fourth-order valence-electron chi connectivity index (χ4n) is 3.27. The van der Waals surface area contributed by atoms with Gasteiger partial charge in [0.15, 0.2) is 0 Å². The third-order valence-electron chi connectivity index (χ3n) is 4.85. The van der Waals surface area contributed by atoms with Crippen LogP contribution < -0.4 is 14.8 Å². The minimum Gasteiger partial charge on any atom is -0.497 e. The molecule has 35 heavy (non-hydrogen) atoms. The minimum atomic E-state index is -0.638. The van der Waals surface area contributed by atoms with Gasteiger partial charge in [0, 0.05) is 16.5 Å². The van der Waals surface area contributed by atoms with Crippen molar-refractivity contribution >= 4 is 34.3 Å². The number of ether oxygens (including phenoxy) is 3. The summed E-state index contributed by atoms with van der Waals surface area (Å²) in [5.41, 5.74) is 2.09. The normalized spacial score (nSPS) is 11.0. The predicted octanol–water partition coefficient (Wildman–Crippen LogP) is 5.93. The molecule has 0 fully saturated rings. The molecule has 3 rings (SSSR count). The maximum absolute atomic E-state index is 13.0. The molecular formula is C27H26N2O5S. The SMILES string of the molecule is CCOC(=O)c1c(-c2ccc(OC)cc2)csc1NC(=O)C(C#N)=Cc1ccccc1OC(C)C. The van der Waals surface area contributed by atoms with E-state index in [4.69, 9.17) is 14.2 Å². The second kappa shape index (κ2) is 11.9. The molecule has 8 heteroatoms. The molecule has 7 nitrogen and oxygen atoms in total. The van der Waals surface area contributed by atoms with Gasteiger partial charge in [-0.2, -0.15) is 5.26 Å². The van der Waals surface area contributed by atoms with Gasteiger partial charge in [-0.05, 0) is 50.6 Å². The summed E-state index contributed by atoms with van der Waals surface area (Å²) in [6.07, 6.45) is 1.40. The zero-order chi connectivity index (χ0) is 25.4. The van der Waals surface area contributed by atoms with E-state index < -0.39 is 11.9 Å². The van der Waals surface area contributed by atoms with Gasteiger partial charge in [-0.1, -0.05) is 30.3 Å². The number of thiophene rings is 1. The van der Waals surface area contributed by atoms with Gasteiger partial charge >= 0.3 is 5.97 Å². The van der Waals surface area contributed by atoms with E-state index in [0.29, 0.717) is 27.6 Å². The fourth-order valence-corrected chi connectivity index (χ4v) is 4.23. The molecule has 1 heterocycles. The van der Waals surface area contributed by atoms with Gasteiger partial charge in [-0.25, -0.2) is 4.79 Å². The Hall–Kier alpha value is -4.09. The number of nitriles is 1. The van der Waals surface area contributed by atoms with Gasteiger partial charge < -0.3 is 19.5 Å². The van der Waals surface area contributed by atoms with Gasteiger partial charge in [0.05, 0.1) is 19.8 Å². The summed E-state index contributed by atoms with van der Waals surface area (Å²) in [6.45, 7) is 5.68. The zero-order valence-corrected chi connectivity index (χ0v) is 20.8. The van der Waals surface area contributed by atoms with Crippen LogP contribution in [0.15, 0.2) is 59.5 Å². The molecule has 0 bridgehead atoms. The first-order chi connectivity index (χ1) is 16.9. The maximum atomic E-state index is 13.0. The van der Waals surface area contributed by atoms with Crippen LogP contribution in [-0.2, 0) is 9.53 Å². The van der Waals surface area contributed by atoms with Gasteiger partial charge in [0.1, 0.15) is 33.7 Å². The van der Waals surface area contributed by atoms with E-state index in [1.54, 1.807) is 49.7 Å². The van der Waals surface area contributed by atoms with Crippen molar-refractivity contribution in [3.05, 3.63) is 70.6 Å². The standard InChI is InChI=1S/C27H26N2O5S/c1-5-33-27(31)24-22(18-10-12-21(32-4)13-11-18)16-35-26(24)29-25(30)20(15-28)14-19-8-6-7-9-23(19)34-17(2)3/h6-14,16-17H,5H2,1-4H3,(H,29,30). The number of esters is 1. The number of carbonyl (C=O) groups excluding carboxylic acids is 2. The molecule has 0 aliphatic carbocycles. The maximum Gasteiger partial charge on any atom is 0.341 e. The molecule has 0 aliphatic rings. The summed E-state index contributed by atoms with van der Waals surface area (Å²) in [4.78, 5) is 25.9. The van der Waals surface area contributed by atoms with Crippen molar-refractivity contribution in [2.24, 2.45) is 0 Å². The number of nitrogens with one attached hydrogen (secondary N) is 1. The molecule has 0 aliphatic heterocycles. The van der Waals surface area contributed by atoms with Crippen molar-refractivity contribution < 1.29 is 23.8 Å². The van der Waals surface area contributed by atoms with Gasteiger partial charge in [-0.15, -0.1) is 11.3 Å². The second-order valence-corrected chi connectivity index (χ2v) is 8.51. The summed E-state index contributed by atoms with van der Waals surface area (Å²) in [7, 11) is 1.57. The predicted molar refractivity (Wildman–Crippen MR) is 137 cm³/mol. The fraction of sp³-hybridized carbons (Fsp3) is 0.222. The van der Waals surface area contributed by atoms with E-state index in [1.165, 1.54) is 17.4 Å². The van der Waals surface area contributed by atoms with Crippen LogP contribution in [0.25, 0.3) is 17.2 Å². The Morgan fingerprint density at radius 3 is 2.49 bits per heavy atom. The molecule has 1 amide bonds. The Labute approximate surface area is 208 Å². The van der Waals surface area contributed by atoms with Crippen molar-refractivity contribution in [1.29, 1.82) is 5.26 Å². The number of methoxy groups -OCH3 is 1. The van der Waals surface area contributed by atoms with Crippen molar-refractivity contribution in [3.8, 4) is 28.7 Å². The van der Waals surface area contributed by atoms with Gasteiger partial charge in [0.2, 0.25) is 0 Å². The summed E-state index contributed by atoms with van der Waals surface area (Å²) >= 11 is 1.18. The van der Waals surface area contributed by atoms with E-state index in [-0.39, 0.29) is 23.8 Å². The van der Waals surface area contributed by atoms with Gasteiger partial charge in [0.25, 0.3) is 5.91 Å². The topological polar surface area (TPSA) is 97.6 Å². The van der Waals surface area contributed by atoms with E-state index in [9.17, 15) is 14.9 Å². The molecule has 0 saturated carbocycles. The molecule has 180 valence electrons. The average Bonchev–Trinajstić information content (AvgIpc) is 3.26. The lowest BCUT2D eigenvalue weighted by Crippen LogP contribution is -2.16. The molecule has 0 saturated heterocycles. The third-order valence-corrected chi connectivity index (χ3v) is 5.74. The summed E-state index contributed by atoms with van der Waals surface area (Å²) in [5.74, 6) is 0.0439. The molecule has 3 aromatic rings. The monoisotopic (exact) mass is 490 g/mol. The molecule has 0 radical (unpaired) electrons. The number of hydrogen-bond donors (Lipinski definition) is 1. The molecule has 0 atom stereocenters. The number of rotatable bonds is 9. The van der Waals surface area contributed by atoms with Crippen molar-refractivity contribution in [1.82, 2.24) is 0 Å². The van der Waals surface area contributed by atoms with Crippen molar-refractivity contribution in [2.75, 3.05) is 19.0 Å². The van der Waals surface area contributed by atoms with E-state index in [2.05, 4.69) is 5.32 Å².